The lowest BCUT2D eigenvalue weighted by Crippen LogP contribution is -2.29. The molecular weight excluding hydrogens is 391 g/mol. The quantitative estimate of drug-likeness (QED) is 0.527. The Labute approximate surface area is 164 Å². The molecule has 0 aliphatic rings. The molecule has 0 fully saturated rings. The molecule has 2 aromatic carbocycles. The van der Waals surface area contributed by atoms with E-state index in [-0.39, 0.29) is 17.2 Å². The Morgan fingerprint density at radius 3 is 2.48 bits per heavy atom. The molecule has 0 aliphatic heterocycles. The third-order valence-electron chi connectivity index (χ3n) is 3.61. The largest absolute Gasteiger partial charge is 0.494 e. The molecule has 0 saturated heterocycles. The fourth-order valence-electron chi connectivity index (χ4n) is 2.22. The Bertz CT molecular complexity index is 901. The van der Waals surface area contributed by atoms with E-state index in [2.05, 4.69) is 10.1 Å². The molecule has 0 spiro atoms. The van der Waals surface area contributed by atoms with Gasteiger partial charge in [-0.15, -0.1) is 0 Å². The fraction of sp³-hybridized carbons (Fsp3) is 0.200. The Kier molecular flexibility index (Phi) is 7.64. The topological polar surface area (TPSA) is 73.9 Å². The predicted molar refractivity (Wildman–Crippen MR) is 99.2 cm³/mol. The van der Waals surface area contributed by atoms with Crippen LogP contribution in [-0.2, 0) is 14.3 Å². The average Bonchev–Trinajstić information content (AvgIpc) is 2.67. The number of hydrogen-bond acceptors (Lipinski definition) is 5. The van der Waals surface area contributed by atoms with Crippen molar-refractivity contribution < 1.29 is 37.0 Å². The summed E-state index contributed by atoms with van der Waals surface area (Å²) < 4.78 is 52.5. The van der Waals surface area contributed by atoms with Crippen LogP contribution in [0.2, 0.25) is 0 Å². The van der Waals surface area contributed by atoms with Gasteiger partial charge in [0.2, 0.25) is 0 Å². The number of benzene rings is 2. The molecule has 1 N–H and O–H groups in total. The molecule has 29 heavy (non-hydrogen) atoms. The van der Waals surface area contributed by atoms with E-state index in [4.69, 9.17) is 9.47 Å². The van der Waals surface area contributed by atoms with Gasteiger partial charge in [-0.25, -0.2) is 9.18 Å². The highest BCUT2D eigenvalue weighted by Crippen LogP contribution is 2.25. The van der Waals surface area contributed by atoms with E-state index in [0.717, 1.165) is 6.08 Å². The molecule has 0 unspecified atom stereocenters. The van der Waals surface area contributed by atoms with Crippen molar-refractivity contribution in [2.45, 2.75) is 19.6 Å². The van der Waals surface area contributed by atoms with Crippen LogP contribution in [0.4, 0.5) is 18.9 Å². The van der Waals surface area contributed by atoms with E-state index in [1.807, 2.05) is 0 Å². The second kappa shape index (κ2) is 10.2. The summed E-state index contributed by atoms with van der Waals surface area (Å²) in [4.78, 5) is 24.0. The first kappa shape index (κ1) is 21.8. The number of hydrogen-bond donors (Lipinski definition) is 1. The Balaban J connectivity index is 1.95. The van der Waals surface area contributed by atoms with Crippen LogP contribution in [-0.4, -0.2) is 31.7 Å². The smallest absolute Gasteiger partial charge is 0.387 e. The van der Waals surface area contributed by atoms with Crippen LogP contribution in [0, 0.1) is 5.82 Å². The summed E-state index contributed by atoms with van der Waals surface area (Å²) >= 11 is 0. The van der Waals surface area contributed by atoms with Crippen molar-refractivity contribution in [2.75, 3.05) is 12.4 Å². The third-order valence-corrected chi connectivity index (χ3v) is 3.61. The molecule has 9 heteroatoms. The minimum absolute atomic E-state index is 0.00458. The van der Waals surface area contributed by atoms with E-state index in [1.54, 1.807) is 0 Å². The molecule has 2 aromatic rings. The number of carbonyl (C=O) groups is 2. The first-order chi connectivity index (χ1) is 13.8. The van der Waals surface area contributed by atoms with Gasteiger partial charge in [0.25, 0.3) is 5.91 Å². The molecule has 0 aromatic heterocycles. The summed E-state index contributed by atoms with van der Waals surface area (Å²) in [7, 11) is 1.33. The molecule has 2 rings (SSSR count). The number of amides is 1. The Morgan fingerprint density at radius 1 is 1.10 bits per heavy atom. The molecule has 0 saturated carbocycles. The summed E-state index contributed by atoms with van der Waals surface area (Å²) in [6, 6.07) is 9.69. The van der Waals surface area contributed by atoms with E-state index >= 15 is 0 Å². The van der Waals surface area contributed by atoms with Crippen LogP contribution >= 0.6 is 0 Å². The number of methoxy groups -OCH3 is 1. The van der Waals surface area contributed by atoms with E-state index in [0.29, 0.717) is 5.56 Å². The van der Waals surface area contributed by atoms with Gasteiger partial charge in [-0.2, -0.15) is 8.78 Å². The number of esters is 1. The second-order valence-electron chi connectivity index (χ2n) is 5.67. The van der Waals surface area contributed by atoms with Gasteiger partial charge in [0.1, 0.15) is 5.75 Å². The minimum Gasteiger partial charge on any atom is -0.494 e. The number of anilines is 1. The van der Waals surface area contributed by atoms with Gasteiger partial charge >= 0.3 is 12.6 Å². The van der Waals surface area contributed by atoms with Crippen molar-refractivity contribution in [1.29, 1.82) is 0 Å². The first-order valence-corrected chi connectivity index (χ1v) is 8.37. The maximum absolute atomic E-state index is 13.6. The molecule has 0 aliphatic carbocycles. The molecule has 154 valence electrons. The SMILES string of the molecule is COc1ccc(/C=C/C(=O)O[C@@H](C)C(=O)Nc2ccccc2OC(F)F)cc1F. The highest BCUT2D eigenvalue weighted by Gasteiger charge is 2.19. The summed E-state index contributed by atoms with van der Waals surface area (Å²) in [6.07, 6.45) is 1.11. The zero-order valence-electron chi connectivity index (χ0n) is 15.5. The van der Waals surface area contributed by atoms with Crippen LogP contribution in [0.25, 0.3) is 6.08 Å². The standard InChI is InChI=1S/C20H18F3NO5/c1-12(19(26)24-15-5-3-4-6-17(15)29-20(22)23)28-18(25)10-8-13-7-9-16(27-2)14(21)11-13/h3-12,20H,1-2H3,(H,24,26)/b10-8+/t12-/m0/s1. The molecule has 6 nitrogen and oxygen atoms in total. The Morgan fingerprint density at radius 2 is 1.83 bits per heavy atom. The van der Waals surface area contributed by atoms with Crippen LogP contribution < -0.4 is 14.8 Å². The van der Waals surface area contributed by atoms with Crippen molar-refractivity contribution in [3.63, 3.8) is 0 Å². The molecule has 0 radical (unpaired) electrons. The van der Waals surface area contributed by atoms with Crippen LogP contribution in [0.15, 0.2) is 48.5 Å². The van der Waals surface area contributed by atoms with Crippen molar-refractivity contribution in [1.82, 2.24) is 0 Å². The third kappa shape index (κ3) is 6.56. The maximum atomic E-state index is 13.6. The Hall–Kier alpha value is -3.49. The van der Waals surface area contributed by atoms with Gasteiger partial charge < -0.3 is 19.5 Å². The van der Waals surface area contributed by atoms with Gasteiger partial charge in [-0.1, -0.05) is 18.2 Å². The number of rotatable bonds is 8. The highest BCUT2D eigenvalue weighted by atomic mass is 19.3. The van der Waals surface area contributed by atoms with Gasteiger partial charge in [0.15, 0.2) is 17.7 Å². The lowest BCUT2D eigenvalue weighted by molar-refractivity contribution is -0.148. The lowest BCUT2D eigenvalue weighted by atomic mass is 10.2. The monoisotopic (exact) mass is 409 g/mol. The number of halogens is 3. The van der Waals surface area contributed by atoms with Gasteiger partial charge in [0, 0.05) is 6.08 Å². The van der Waals surface area contributed by atoms with Crippen LogP contribution in [0.5, 0.6) is 11.5 Å². The summed E-state index contributed by atoms with van der Waals surface area (Å²) in [5.41, 5.74) is 0.389. The van der Waals surface area contributed by atoms with Crippen molar-refractivity contribution in [3.8, 4) is 11.5 Å². The summed E-state index contributed by atoms with van der Waals surface area (Å²) in [6.45, 7) is -1.75. The molecule has 0 bridgehead atoms. The molecular formula is C20H18F3NO5. The zero-order valence-corrected chi connectivity index (χ0v) is 15.5. The molecule has 1 atom stereocenters. The van der Waals surface area contributed by atoms with Crippen molar-refractivity contribution in [3.05, 3.63) is 59.9 Å². The van der Waals surface area contributed by atoms with Gasteiger partial charge in [-0.05, 0) is 42.8 Å². The fourth-order valence-corrected chi connectivity index (χ4v) is 2.22. The number of alkyl halides is 2. The normalized spacial score (nSPS) is 11.9. The number of ether oxygens (including phenoxy) is 3. The zero-order chi connectivity index (χ0) is 21.4. The molecule has 0 heterocycles. The second-order valence-corrected chi connectivity index (χ2v) is 5.67. The lowest BCUT2D eigenvalue weighted by Gasteiger charge is -2.15. The number of para-hydroxylation sites is 2. The average molecular weight is 409 g/mol. The van der Waals surface area contributed by atoms with Gasteiger partial charge in [-0.3, -0.25) is 4.79 Å². The predicted octanol–water partition coefficient (Wildman–Crippen LogP) is 4.02. The van der Waals surface area contributed by atoms with E-state index in [1.165, 1.54) is 62.6 Å². The van der Waals surface area contributed by atoms with Crippen molar-refractivity contribution in [2.24, 2.45) is 0 Å². The minimum atomic E-state index is -3.06. The van der Waals surface area contributed by atoms with Crippen molar-refractivity contribution >= 4 is 23.6 Å². The van der Waals surface area contributed by atoms with E-state index < -0.39 is 30.4 Å². The van der Waals surface area contributed by atoms with Crippen LogP contribution in [0.1, 0.15) is 12.5 Å². The molecule has 1 amide bonds. The van der Waals surface area contributed by atoms with Gasteiger partial charge in [0.05, 0.1) is 12.8 Å². The highest BCUT2D eigenvalue weighted by molar-refractivity contribution is 5.97. The summed E-state index contributed by atoms with van der Waals surface area (Å²) in [5.74, 6) is -2.35. The van der Waals surface area contributed by atoms with E-state index in [9.17, 15) is 22.8 Å². The first-order valence-electron chi connectivity index (χ1n) is 8.37. The maximum Gasteiger partial charge on any atom is 0.387 e. The van der Waals surface area contributed by atoms with Crippen LogP contribution in [0.3, 0.4) is 0 Å². The number of carbonyl (C=O) groups excluding carboxylic acids is 2. The summed E-state index contributed by atoms with van der Waals surface area (Å²) in [5, 5.41) is 2.35. The number of nitrogens with one attached hydrogen (secondary N) is 1.